The number of anilines is 1. The van der Waals surface area contributed by atoms with E-state index in [1.807, 2.05) is 0 Å². The Balaban J connectivity index is 1.73. The van der Waals surface area contributed by atoms with E-state index in [9.17, 15) is 21.6 Å². The average molecular weight is 471 g/mol. The van der Waals surface area contributed by atoms with Crippen molar-refractivity contribution >= 4 is 32.7 Å². The quantitative estimate of drug-likeness (QED) is 0.594. The molecule has 0 spiro atoms. The molecule has 3 aromatic rings. The van der Waals surface area contributed by atoms with E-state index in [0.29, 0.717) is 37.3 Å². The van der Waals surface area contributed by atoms with Gasteiger partial charge in [0.15, 0.2) is 5.65 Å². The third-order valence-corrected chi connectivity index (χ3v) is 7.11. The van der Waals surface area contributed by atoms with Gasteiger partial charge in [0.1, 0.15) is 18.0 Å². The number of aromatic nitrogens is 4. The highest BCUT2D eigenvalue weighted by molar-refractivity contribution is 7.88. The van der Waals surface area contributed by atoms with Crippen LogP contribution in [0.1, 0.15) is 44.5 Å². The molecule has 0 radical (unpaired) electrons. The van der Waals surface area contributed by atoms with E-state index in [4.69, 9.17) is 0 Å². The highest BCUT2D eigenvalue weighted by Gasteiger charge is 2.27. The summed E-state index contributed by atoms with van der Waals surface area (Å²) in [7, 11) is -3.27. The van der Waals surface area contributed by atoms with E-state index in [2.05, 4.69) is 20.3 Å². The van der Waals surface area contributed by atoms with Crippen molar-refractivity contribution in [2.45, 2.75) is 44.6 Å². The fourth-order valence-electron chi connectivity index (χ4n) is 3.80. The van der Waals surface area contributed by atoms with Gasteiger partial charge in [0.2, 0.25) is 16.0 Å². The van der Waals surface area contributed by atoms with E-state index in [1.165, 1.54) is 10.4 Å². The fourth-order valence-corrected chi connectivity index (χ4v) is 4.67. The lowest BCUT2D eigenvalue weighted by Gasteiger charge is -2.30. The molecule has 174 valence electrons. The lowest BCUT2D eigenvalue weighted by molar-refractivity contribution is 0.148. The topological polar surface area (TPSA) is 92.5 Å². The Morgan fingerprint density at radius 1 is 1.19 bits per heavy atom. The van der Waals surface area contributed by atoms with Gasteiger partial charge in [-0.3, -0.25) is 8.79 Å². The van der Waals surface area contributed by atoms with Crippen LogP contribution < -0.4 is 5.32 Å². The number of hydrogen-bond donors (Lipinski definition) is 1. The Hall–Kier alpha value is -2.47. The number of rotatable bonds is 6. The average Bonchev–Trinajstić information content (AvgIpc) is 3.19. The number of nitrogens with one attached hydrogen (secondary N) is 1. The molecule has 3 aromatic heterocycles. The van der Waals surface area contributed by atoms with Gasteiger partial charge in [-0.15, -0.1) is 0 Å². The predicted molar refractivity (Wildman–Crippen MR) is 115 cm³/mol. The predicted octanol–water partition coefficient (Wildman–Crippen LogP) is 3.30. The number of piperidine rings is 1. The first-order valence-electron chi connectivity index (χ1n) is 10.3. The SMILES string of the molecule is CC(C)(CF)c1cn2c(ccc3c(C(F)F)nc(NC4CCN(S(C)(=O)=O)CC4)nc32)n1. The summed E-state index contributed by atoms with van der Waals surface area (Å²) in [5.41, 5.74) is -0.0241. The summed E-state index contributed by atoms with van der Waals surface area (Å²) in [5, 5.41) is 3.27. The van der Waals surface area contributed by atoms with Gasteiger partial charge in [0, 0.05) is 36.1 Å². The van der Waals surface area contributed by atoms with Crippen molar-refractivity contribution in [3.63, 3.8) is 0 Å². The van der Waals surface area contributed by atoms with Gasteiger partial charge >= 0.3 is 0 Å². The minimum Gasteiger partial charge on any atom is -0.351 e. The van der Waals surface area contributed by atoms with Gasteiger partial charge in [-0.2, -0.15) is 4.98 Å². The van der Waals surface area contributed by atoms with E-state index in [1.54, 1.807) is 30.5 Å². The van der Waals surface area contributed by atoms with Crippen molar-refractivity contribution in [1.29, 1.82) is 0 Å². The fraction of sp³-hybridized carbons (Fsp3) is 0.550. The molecular formula is C20H25F3N6O2S. The number of alkyl halides is 3. The minimum atomic E-state index is -3.27. The summed E-state index contributed by atoms with van der Waals surface area (Å²) < 4.78 is 67.5. The zero-order valence-corrected chi connectivity index (χ0v) is 18.8. The van der Waals surface area contributed by atoms with Crippen LogP contribution in [0.4, 0.5) is 19.1 Å². The van der Waals surface area contributed by atoms with E-state index < -0.39 is 34.2 Å². The zero-order chi connectivity index (χ0) is 23.3. The molecule has 1 N–H and O–H groups in total. The van der Waals surface area contributed by atoms with Crippen LogP contribution >= 0.6 is 0 Å². The van der Waals surface area contributed by atoms with E-state index >= 15 is 0 Å². The summed E-state index contributed by atoms with van der Waals surface area (Å²) in [5.74, 6) is 0.0399. The van der Waals surface area contributed by atoms with Crippen molar-refractivity contribution < 1.29 is 21.6 Å². The third kappa shape index (κ3) is 4.25. The maximum atomic E-state index is 13.8. The van der Waals surface area contributed by atoms with Crippen LogP contribution in [-0.2, 0) is 15.4 Å². The lowest BCUT2D eigenvalue weighted by Crippen LogP contribution is -2.42. The summed E-state index contributed by atoms with van der Waals surface area (Å²) >= 11 is 0. The maximum Gasteiger partial charge on any atom is 0.281 e. The number of fused-ring (bicyclic) bond motifs is 3. The molecule has 0 aromatic carbocycles. The van der Waals surface area contributed by atoms with Crippen LogP contribution in [0.3, 0.4) is 0 Å². The molecule has 0 amide bonds. The summed E-state index contributed by atoms with van der Waals surface area (Å²) in [6.45, 7) is 3.47. The molecule has 1 aliphatic rings. The van der Waals surface area contributed by atoms with Crippen LogP contribution in [-0.4, -0.2) is 64.1 Å². The summed E-state index contributed by atoms with van der Waals surface area (Å²) in [6, 6.07) is 2.93. The summed E-state index contributed by atoms with van der Waals surface area (Å²) in [6.07, 6.45) is 0.964. The van der Waals surface area contributed by atoms with Crippen molar-refractivity contribution in [3.8, 4) is 0 Å². The van der Waals surface area contributed by atoms with Crippen LogP contribution in [0.25, 0.3) is 16.7 Å². The normalized spacial score (nSPS) is 17.0. The number of nitrogens with zero attached hydrogens (tertiary/aromatic N) is 5. The second kappa shape index (κ2) is 8.14. The Kier molecular flexibility index (Phi) is 5.78. The molecule has 4 heterocycles. The van der Waals surface area contributed by atoms with Crippen LogP contribution in [0.5, 0.6) is 0 Å². The van der Waals surface area contributed by atoms with Crippen molar-refractivity contribution in [1.82, 2.24) is 23.7 Å². The molecule has 0 bridgehead atoms. The second-order valence-electron chi connectivity index (χ2n) is 8.76. The number of sulfonamides is 1. The Morgan fingerprint density at radius 2 is 1.88 bits per heavy atom. The Morgan fingerprint density at radius 3 is 2.47 bits per heavy atom. The molecule has 0 atom stereocenters. The molecule has 1 aliphatic heterocycles. The zero-order valence-electron chi connectivity index (χ0n) is 18.0. The number of pyridine rings is 1. The maximum absolute atomic E-state index is 13.8. The molecule has 32 heavy (non-hydrogen) atoms. The first kappa shape index (κ1) is 22.7. The number of imidazole rings is 1. The van der Waals surface area contributed by atoms with Crippen molar-refractivity contribution in [2.75, 3.05) is 31.3 Å². The number of halogens is 3. The van der Waals surface area contributed by atoms with Crippen LogP contribution in [0.15, 0.2) is 18.3 Å². The first-order valence-corrected chi connectivity index (χ1v) is 12.1. The highest BCUT2D eigenvalue weighted by atomic mass is 32.2. The van der Waals surface area contributed by atoms with Crippen molar-refractivity contribution in [3.05, 3.63) is 29.7 Å². The molecule has 0 aliphatic carbocycles. The lowest BCUT2D eigenvalue weighted by atomic mass is 9.92. The molecule has 12 heteroatoms. The molecule has 0 unspecified atom stereocenters. The van der Waals surface area contributed by atoms with Crippen LogP contribution in [0, 0.1) is 0 Å². The van der Waals surface area contributed by atoms with E-state index in [-0.39, 0.29) is 23.0 Å². The third-order valence-electron chi connectivity index (χ3n) is 5.81. The van der Waals surface area contributed by atoms with Gasteiger partial charge < -0.3 is 5.32 Å². The second-order valence-corrected chi connectivity index (χ2v) is 10.7. The monoisotopic (exact) mass is 470 g/mol. The molecule has 0 saturated carbocycles. The molecule has 4 rings (SSSR count). The van der Waals surface area contributed by atoms with Gasteiger partial charge in [0.25, 0.3) is 6.43 Å². The molecular weight excluding hydrogens is 445 g/mol. The standard InChI is InChI=1S/C20H25F3N6O2S/c1-20(2,11-21)14-10-29-15(25-14)5-4-13-16(17(22)23)26-19(27-18(13)29)24-12-6-8-28(9-7-12)32(3,30)31/h4-5,10,12,17H,6-9,11H2,1-3H3,(H,24,26,27). The number of hydrogen-bond acceptors (Lipinski definition) is 6. The van der Waals surface area contributed by atoms with Gasteiger partial charge in [-0.1, -0.05) is 13.8 Å². The first-order chi connectivity index (χ1) is 15.0. The largest absolute Gasteiger partial charge is 0.351 e. The van der Waals surface area contributed by atoms with Gasteiger partial charge in [0.05, 0.1) is 11.9 Å². The summed E-state index contributed by atoms with van der Waals surface area (Å²) in [4.78, 5) is 13.0. The Labute approximate surface area is 183 Å². The van der Waals surface area contributed by atoms with Crippen molar-refractivity contribution in [2.24, 2.45) is 0 Å². The molecule has 1 saturated heterocycles. The molecule has 1 fully saturated rings. The Bertz CT molecular complexity index is 1250. The highest BCUT2D eigenvalue weighted by Crippen LogP contribution is 2.30. The van der Waals surface area contributed by atoms with Gasteiger partial charge in [-0.05, 0) is 25.0 Å². The minimum absolute atomic E-state index is 0.0399. The van der Waals surface area contributed by atoms with Gasteiger partial charge in [-0.25, -0.2) is 31.5 Å². The van der Waals surface area contributed by atoms with Crippen LogP contribution in [0.2, 0.25) is 0 Å². The molecule has 8 nitrogen and oxygen atoms in total. The smallest absolute Gasteiger partial charge is 0.281 e. The van der Waals surface area contributed by atoms with E-state index in [0.717, 1.165) is 6.26 Å².